The molecular weight excluding hydrogens is 412 g/mol. The van der Waals surface area contributed by atoms with Crippen LogP contribution in [0.15, 0.2) is 21.1 Å². The van der Waals surface area contributed by atoms with Crippen molar-refractivity contribution in [1.29, 1.82) is 0 Å². The van der Waals surface area contributed by atoms with Gasteiger partial charge in [-0.2, -0.15) is 0 Å². The molecule has 0 heterocycles. The number of ether oxygens (including phenoxy) is 1. The van der Waals surface area contributed by atoms with Crippen molar-refractivity contribution in [2.75, 3.05) is 26.0 Å². The van der Waals surface area contributed by atoms with E-state index in [9.17, 15) is 8.42 Å². The quantitative estimate of drug-likeness (QED) is 0.622. The molecule has 0 fully saturated rings. The summed E-state index contributed by atoms with van der Waals surface area (Å²) in [5.41, 5.74) is 1.04. The van der Waals surface area contributed by atoms with Crippen molar-refractivity contribution < 1.29 is 13.2 Å². The zero-order chi connectivity index (χ0) is 15.2. The third-order valence-corrected chi connectivity index (χ3v) is 5.08. The van der Waals surface area contributed by atoms with Gasteiger partial charge >= 0.3 is 0 Å². The van der Waals surface area contributed by atoms with Gasteiger partial charge in [-0.05, 0) is 63.5 Å². The van der Waals surface area contributed by atoms with Crippen molar-refractivity contribution in [2.24, 2.45) is 0 Å². The molecular formula is C12H18Br2N2O3S. The number of nitrogens with one attached hydrogen (secondary N) is 2. The molecule has 0 aromatic heterocycles. The van der Waals surface area contributed by atoms with Gasteiger partial charge in [0.2, 0.25) is 10.0 Å². The maximum atomic E-state index is 11.3. The summed E-state index contributed by atoms with van der Waals surface area (Å²) in [6, 6.07) is 3.91. The van der Waals surface area contributed by atoms with E-state index in [0.717, 1.165) is 20.3 Å². The molecule has 1 rings (SSSR count). The first-order valence-corrected chi connectivity index (χ1v) is 9.36. The van der Waals surface area contributed by atoms with Crippen LogP contribution in [0, 0.1) is 0 Å². The lowest BCUT2D eigenvalue weighted by Crippen LogP contribution is -2.29. The van der Waals surface area contributed by atoms with Crippen LogP contribution in [0.2, 0.25) is 0 Å². The van der Waals surface area contributed by atoms with Gasteiger partial charge < -0.3 is 10.1 Å². The normalized spacial score (nSPS) is 11.6. The average Bonchev–Trinajstić information content (AvgIpc) is 2.39. The highest BCUT2D eigenvalue weighted by Gasteiger charge is 2.09. The molecule has 0 radical (unpaired) electrons. The number of halogens is 2. The first kappa shape index (κ1) is 17.9. The summed E-state index contributed by atoms with van der Waals surface area (Å²) in [6.07, 6.45) is 0. The summed E-state index contributed by atoms with van der Waals surface area (Å²) in [6.45, 7) is 3.50. The SMILES string of the molecule is CCOc1c(Br)cc(CNCCS(=O)(=O)NC)cc1Br. The molecule has 0 atom stereocenters. The van der Waals surface area contributed by atoms with Crippen LogP contribution in [0.4, 0.5) is 0 Å². The van der Waals surface area contributed by atoms with Crippen molar-refractivity contribution in [3.63, 3.8) is 0 Å². The Kier molecular flexibility index (Phi) is 7.46. The second-order valence-corrected chi connectivity index (χ2v) is 7.78. The summed E-state index contributed by atoms with van der Waals surface area (Å²) in [5, 5.41) is 3.10. The number of benzene rings is 1. The van der Waals surface area contributed by atoms with Gasteiger partial charge in [-0.3, -0.25) is 0 Å². The molecule has 0 unspecified atom stereocenters. The van der Waals surface area contributed by atoms with Crippen LogP contribution in [0.3, 0.4) is 0 Å². The lowest BCUT2D eigenvalue weighted by atomic mass is 10.2. The van der Waals surface area contributed by atoms with E-state index in [4.69, 9.17) is 4.74 Å². The first-order chi connectivity index (χ1) is 9.39. The molecule has 114 valence electrons. The monoisotopic (exact) mass is 428 g/mol. The molecule has 0 aliphatic heterocycles. The second-order valence-electron chi connectivity index (χ2n) is 4.02. The lowest BCUT2D eigenvalue weighted by Gasteiger charge is -2.11. The molecule has 20 heavy (non-hydrogen) atoms. The third-order valence-electron chi connectivity index (χ3n) is 2.53. The third kappa shape index (κ3) is 5.69. The van der Waals surface area contributed by atoms with E-state index in [1.165, 1.54) is 7.05 Å². The van der Waals surface area contributed by atoms with Crippen LogP contribution in [0.1, 0.15) is 12.5 Å². The minimum Gasteiger partial charge on any atom is -0.492 e. The van der Waals surface area contributed by atoms with E-state index in [1.807, 2.05) is 19.1 Å². The smallest absolute Gasteiger partial charge is 0.212 e. The fourth-order valence-electron chi connectivity index (χ4n) is 1.54. The maximum Gasteiger partial charge on any atom is 0.212 e. The van der Waals surface area contributed by atoms with Crippen molar-refractivity contribution >= 4 is 41.9 Å². The van der Waals surface area contributed by atoms with Gasteiger partial charge in [0, 0.05) is 13.1 Å². The fraction of sp³-hybridized carbons (Fsp3) is 0.500. The number of hydrogen-bond acceptors (Lipinski definition) is 4. The zero-order valence-corrected chi connectivity index (χ0v) is 15.4. The van der Waals surface area contributed by atoms with Gasteiger partial charge in [0.1, 0.15) is 5.75 Å². The van der Waals surface area contributed by atoms with Crippen LogP contribution in [-0.2, 0) is 16.6 Å². The van der Waals surface area contributed by atoms with Gasteiger partial charge in [-0.15, -0.1) is 0 Å². The Bertz CT molecular complexity index is 527. The predicted molar refractivity (Wildman–Crippen MR) is 87.6 cm³/mol. The molecule has 2 N–H and O–H groups in total. The molecule has 1 aromatic carbocycles. The van der Waals surface area contributed by atoms with Gasteiger partial charge in [0.05, 0.1) is 21.3 Å². The summed E-state index contributed by atoms with van der Waals surface area (Å²) >= 11 is 6.92. The molecule has 8 heteroatoms. The van der Waals surface area contributed by atoms with Crippen molar-refractivity contribution in [1.82, 2.24) is 10.0 Å². The van der Waals surface area contributed by atoms with Crippen LogP contribution >= 0.6 is 31.9 Å². The largest absolute Gasteiger partial charge is 0.492 e. The zero-order valence-electron chi connectivity index (χ0n) is 11.4. The van der Waals surface area contributed by atoms with Gasteiger partial charge in [-0.25, -0.2) is 13.1 Å². The fourth-order valence-corrected chi connectivity index (χ4v) is 3.67. The van der Waals surface area contributed by atoms with E-state index in [1.54, 1.807) is 0 Å². The molecule has 0 aliphatic carbocycles. The number of sulfonamides is 1. The summed E-state index contributed by atoms with van der Waals surface area (Å²) in [5.74, 6) is 0.831. The highest BCUT2D eigenvalue weighted by Crippen LogP contribution is 2.34. The van der Waals surface area contributed by atoms with Gasteiger partial charge in [-0.1, -0.05) is 0 Å². The van der Waals surface area contributed by atoms with Crippen LogP contribution in [0.25, 0.3) is 0 Å². The molecule has 0 bridgehead atoms. The maximum absolute atomic E-state index is 11.3. The highest BCUT2D eigenvalue weighted by molar-refractivity contribution is 9.11. The predicted octanol–water partition coefficient (Wildman–Crippen LogP) is 2.25. The van der Waals surface area contributed by atoms with Crippen LogP contribution in [-0.4, -0.2) is 34.4 Å². The Morgan fingerprint density at radius 2 is 1.85 bits per heavy atom. The molecule has 1 aromatic rings. The minimum absolute atomic E-state index is 0.0584. The van der Waals surface area contributed by atoms with Crippen molar-refractivity contribution in [3.05, 3.63) is 26.6 Å². The molecule has 0 saturated carbocycles. The summed E-state index contributed by atoms with van der Waals surface area (Å²) in [4.78, 5) is 0. The molecule has 0 saturated heterocycles. The Hall–Kier alpha value is -0.150. The number of hydrogen-bond donors (Lipinski definition) is 2. The molecule has 5 nitrogen and oxygen atoms in total. The van der Waals surface area contributed by atoms with Crippen LogP contribution < -0.4 is 14.8 Å². The Balaban J connectivity index is 2.57. The van der Waals surface area contributed by atoms with E-state index in [2.05, 4.69) is 41.9 Å². The van der Waals surface area contributed by atoms with E-state index in [0.29, 0.717) is 19.7 Å². The standard InChI is InChI=1S/C12H18Br2N2O3S/c1-3-19-12-10(13)6-9(7-11(12)14)8-16-4-5-20(17,18)15-2/h6-7,15-16H,3-5,8H2,1-2H3. The molecule has 0 spiro atoms. The van der Waals surface area contributed by atoms with Crippen molar-refractivity contribution in [3.8, 4) is 5.75 Å². The number of rotatable bonds is 8. The molecule has 0 amide bonds. The first-order valence-electron chi connectivity index (χ1n) is 6.12. The highest BCUT2D eigenvalue weighted by atomic mass is 79.9. The Morgan fingerprint density at radius 3 is 2.35 bits per heavy atom. The second kappa shape index (κ2) is 8.33. The van der Waals surface area contributed by atoms with Crippen LogP contribution in [0.5, 0.6) is 5.75 Å². The molecule has 0 aliphatic rings. The van der Waals surface area contributed by atoms with E-state index < -0.39 is 10.0 Å². The van der Waals surface area contributed by atoms with E-state index in [-0.39, 0.29) is 5.75 Å². The average molecular weight is 430 g/mol. The topological polar surface area (TPSA) is 67.4 Å². The summed E-state index contributed by atoms with van der Waals surface area (Å²) in [7, 11) is -1.74. The van der Waals surface area contributed by atoms with Gasteiger partial charge in [0.25, 0.3) is 0 Å². The van der Waals surface area contributed by atoms with Crippen molar-refractivity contribution in [2.45, 2.75) is 13.5 Å². The minimum atomic E-state index is -3.16. The Labute approximate surface area is 136 Å². The lowest BCUT2D eigenvalue weighted by molar-refractivity contribution is 0.336. The Morgan fingerprint density at radius 1 is 1.25 bits per heavy atom. The van der Waals surface area contributed by atoms with Gasteiger partial charge in [0.15, 0.2) is 0 Å². The van der Waals surface area contributed by atoms with E-state index >= 15 is 0 Å². The summed E-state index contributed by atoms with van der Waals surface area (Å²) < 4.78 is 32.0.